The van der Waals surface area contributed by atoms with Gasteiger partial charge in [-0.05, 0) is 24.1 Å². The Hall–Kier alpha value is -1.42. The second-order valence-corrected chi connectivity index (χ2v) is 5.21. The molecule has 0 heterocycles. The van der Waals surface area contributed by atoms with Crippen LogP contribution >= 0.6 is 11.8 Å². The van der Waals surface area contributed by atoms with Gasteiger partial charge in [-0.15, -0.1) is 11.8 Å². The van der Waals surface area contributed by atoms with E-state index in [0.29, 0.717) is 16.2 Å². The Morgan fingerprint density at radius 3 is 2.26 bits per heavy atom. The van der Waals surface area contributed by atoms with Crippen molar-refractivity contribution in [3.63, 3.8) is 0 Å². The van der Waals surface area contributed by atoms with Crippen molar-refractivity contribution in [3.05, 3.63) is 65.2 Å². The summed E-state index contributed by atoms with van der Waals surface area (Å²) in [4.78, 5) is 0.318. The van der Waals surface area contributed by atoms with Crippen LogP contribution in [0.25, 0.3) is 0 Å². The third kappa shape index (κ3) is 3.53. The Labute approximate surface area is 114 Å². The first-order valence-electron chi connectivity index (χ1n) is 5.82. The number of alkyl halides is 3. The molecule has 0 aliphatic rings. The molecule has 0 saturated carbocycles. The van der Waals surface area contributed by atoms with Gasteiger partial charge in [0.1, 0.15) is 0 Å². The van der Waals surface area contributed by atoms with E-state index in [1.165, 1.54) is 17.8 Å². The molecule has 100 valence electrons. The van der Waals surface area contributed by atoms with Crippen LogP contribution in [-0.4, -0.2) is 0 Å². The van der Waals surface area contributed by atoms with Gasteiger partial charge < -0.3 is 0 Å². The third-order valence-corrected chi connectivity index (χ3v) is 4.05. The first-order chi connectivity index (χ1) is 8.98. The molecule has 19 heavy (non-hydrogen) atoms. The normalized spacial score (nSPS) is 11.6. The average molecular weight is 282 g/mol. The molecule has 0 fully saturated rings. The summed E-state index contributed by atoms with van der Waals surface area (Å²) in [7, 11) is 0. The van der Waals surface area contributed by atoms with Crippen molar-refractivity contribution in [2.24, 2.45) is 0 Å². The molecule has 0 bridgehead atoms. The second-order valence-electron chi connectivity index (χ2n) is 4.22. The van der Waals surface area contributed by atoms with E-state index in [1.807, 2.05) is 30.3 Å². The minimum atomic E-state index is -4.30. The third-order valence-electron chi connectivity index (χ3n) is 2.74. The molecule has 0 aromatic heterocycles. The predicted octanol–water partition coefficient (Wildman–Crippen LogP) is 5.31. The second kappa shape index (κ2) is 5.70. The minimum Gasteiger partial charge on any atom is -0.166 e. The molecular formula is C15H13F3S. The summed E-state index contributed by atoms with van der Waals surface area (Å²) in [6, 6.07) is 13.8. The summed E-state index contributed by atoms with van der Waals surface area (Å²) in [5.41, 5.74) is 1.13. The van der Waals surface area contributed by atoms with Gasteiger partial charge in [0.25, 0.3) is 0 Å². The van der Waals surface area contributed by atoms with Crippen molar-refractivity contribution in [3.8, 4) is 0 Å². The summed E-state index contributed by atoms with van der Waals surface area (Å²) in [5, 5.41) is 0. The lowest BCUT2D eigenvalue weighted by Gasteiger charge is -2.14. The Morgan fingerprint density at radius 2 is 1.63 bits per heavy atom. The zero-order valence-corrected chi connectivity index (χ0v) is 11.2. The van der Waals surface area contributed by atoms with Crippen molar-refractivity contribution in [2.45, 2.75) is 23.7 Å². The van der Waals surface area contributed by atoms with Gasteiger partial charge in [-0.2, -0.15) is 13.2 Å². The largest absolute Gasteiger partial charge is 0.417 e. The molecule has 2 aromatic carbocycles. The molecule has 2 rings (SSSR count). The summed E-state index contributed by atoms with van der Waals surface area (Å²) < 4.78 is 38.8. The quantitative estimate of drug-likeness (QED) is 0.688. The molecule has 0 atom stereocenters. The van der Waals surface area contributed by atoms with Crippen LogP contribution in [0.4, 0.5) is 13.2 Å². The maximum absolute atomic E-state index is 12.9. The molecule has 0 N–H and O–H groups in total. The van der Waals surface area contributed by atoms with E-state index in [-0.39, 0.29) is 0 Å². The first-order valence-corrected chi connectivity index (χ1v) is 6.80. The Bertz CT molecular complexity index is 547. The van der Waals surface area contributed by atoms with E-state index in [1.54, 1.807) is 13.0 Å². The average Bonchev–Trinajstić information content (AvgIpc) is 2.37. The van der Waals surface area contributed by atoms with E-state index in [2.05, 4.69) is 0 Å². The van der Waals surface area contributed by atoms with Gasteiger partial charge >= 0.3 is 6.18 Å². The molecule has 0 nitrogen and oxygen atoms in total. The van der Waals surface area contributed by atoms with Crippen LogP contribution in [0, 0.1) is 6.92 Å². The fourth-order valence-corrected chi connectivity index (χ4v) is 2.94. The van der Waals surface area contributed by atoms with E-state index in [4.69, 9.17) is 0 Å². The van der Waals surface area contributed by atoms with Crippen LogP contribution in [0.3, 0.4) is 0 Å². The molecular weight excluding hydrogens is 269 g/mol. The number of benzene rings is 2. The maximum Gasteiger partial charge on any atom is 0.417 e. The van der Waals surface area contributed by atoms with Crippen molar-refractivity contribution in [1.82, 2.24) is 0 Å². The SMILES string of the molecule is Cc1cccc(C(F)(F)F)c1SCc1ccccc1. The molecule has 0 unspecified atom stereocenters. The lowest BCUT2D eigenvalue weighted by Crippen LogP contribution is -2.07. The molecule has 0 aliphatic heterocycles. The zero-order chi connectivity index (χ0) is 13.9. The fraction of sp³-hybridized carbons (Fsp3) is 0.200. The monoisotopic (exact) mass is 282 g/mol. The van der Waals surface area contributed by atoms with Crippen LogP contribution in [0.15, 0.2) is 53.4 Å². The van der Waals surface area contributed by atoms with Crippen LogP contribution < -0.4 is 0 Å². The number of hydrogen-bond donors (Lipinski definition) is 0. The lowest BCUT2D eigenvalue weighted by atomic mass is 10.1. The zero-order valence-electron chi connectivity index (χ0n) is 10.4. The number of halogens is 3. The van der Waals surface area contributed by atoms with Gasteiger partial charge in [0, 0.05) is 10.6 Å². The summed E-state index contributed by atoms with van der Waals surface area (Å²) >= 11 is 1.23. The van der Waals surface area contributed by atoms with Gasteiger partial charge in [-0.25, -0.2) is 0 Å². The summed E-state index contributed by atoms with van der Waals surface area (Å²) in [6.45, 7) is 1.71. The fourth-order valence-electron chi connectivity index (χ4n) is 1.80. The highest BCUT2D eigenvalue weighted by Crippen LogP contribution is 2.39. The van der Waals surface area contributed by atoms with E-state index >= 15 is 0 Å². The van der Waals surface area contributed by atoms with Crippen LogP contribution in [0.1, 0.15) is 16.7 Å². The van der Waals surface area contributed by atoms with Crippen molar-refractivity contribution in [2.75, 3.05) is 0 Å². The topological polar surface area (TPSA) is 0 Å². The highest BCUT2D eigenvalue weighted by molar-refractivity contribution is 7.98. The molecule has 0 aliphatic carbocycles. The molecule has 2 aromatic rings. The highest BCUT2D eigenvalue weighted by Gasteiger charge is 2.33. The van der Waals surface area contributed by atoms with Crippen LogP contribution in [-0.2, 0) is 11.9 Å². The number of aryl methyl sites for hydroxylation is 1. The number of thioether (sulfide) groups is 1. The predicted molar refractivity (Wildman–Crippen MR) is 72.2 cm³/mol. The summed E-state index contributed by atoms with van der Waals surface area (Å²) in [5.74, 6) is 0.536. The van der Waals surface area contributed by atoms with Gasteiger partial charge in [-0.1, -0.05) is 42.5 Å². The van der Waals surface area contributed by atoms with Gasteiger partial charge in [-0.3, -0.25) is 0 Å². The van der Waals surface area contributed by atoms with Gasteiger partial charge in [0.2, 0.25) is 0 Å². The lowest BCUT2D eigenvalue weighted by molar-refractivity contribution is -0.139. The van der Waals surface area contributed by atoms with E-state index in [0.717, 1.165) is 11.6 Å². The number of hydrogen-bond acceptors (Lipinski definition) is 1. The van der Waals surface area contributed by atoms with Crippen molar-refractivity contribution in [1.29, 1.82) is 0 Å². The van der Waals surface area contributed by atoms with E-state index < -0.39 is 11.7 Å². The van der Waals surface area contributed by atoms with Crippen molar-refractivity contribution >= 4 is 11.8 Å². The Kier molecular flexibility index (Phi) is 4.20. The molecule has 0 amide bonds. The molecule has 0 saturated heterocycles. The molecule has 0 spiro atoms. The maximum atomic E-state index is 12.9. The number of rotatable bonds is 3. The summed E-state index contributed by atoms with van der Waals surface area (Å²) in [6.07, 6.45) is -4.30. The molecule has 4 heteroatoms. The Morgan fingerprint density at radius 1 is 0.947 bits per heavy atom. The van der Waals surface area contributed by atoms with E-state index in [9.17, 15) is 13.2 Å². The first kappa shape index (κ1) is 14.0. The van der Waals surface area contributed by atoms with Crippen LogP contribution in [0.5, 0.6) is 0 Å². The highest BCUT2D eigenvalue weighted by atomic mass is 32.2. The standard InChI is InChI=1S/C15H13F3S/c1-11-6-5-9-13(15(16,17)18)14(11)19-10-12-7-3-2-4-8-12/h2-9H,10H2,1H3. The Balaban J connectivity index is 2.25. The smallest absolute Gasteiger partial charge is 0.166 e. The van der Waals surface area contributed by atoms with Crippen LogP contribution in [0.2, 0.25) is 0 Å². The van der Waals surface area contributed by atoms with Crippen molar-refractivity contribution < 1.29 is 13.2 Å². The minimum absolute atomic E-state index is 0.318. The van der Waals surface area contributed by atoms with Gasteiger partial charge in [0.05, 0.1) is 5.56 Å². The van der Waals surface area contributed by atoms with Gasteiger partial charge in [0.15, 0.2) is 0 Å². The molecule has 0 radical (unpaired) electrons.